The van der Waals surface area contributed by atoms with E-state index in [9.17, 15) is 18.0 Å². The molecule has 0 bridgehead atoms. The van der Waals surface area contributed by atoms with Gasteiger partial charge in [0.1, 0.15) is 5.69 Å². The third-order valence-electron chi connectivity index (χ3n) is 3.28. The van der Waals surface area contributed by atoms with Crippen LogP contribution < -0.4 is 5.32 Å². The lowest BCUT2D eigenvalue weighted by Gasteiger charge is -2.09. The Morgan fingerprint density at radius 2 is 1.92 bits per heavy atom. The van der Waals surface area contributed by atoms with Gasteiger partial charge in [-0.2, -0.15) is 18.3 Å². The molecule has 0 aliphatic rings. The summed E-state index contributed by atoms with van der Waals surface area (Å²) in [4.78, 5) is 12.9. The Morgan fingerprint density at radius 1 is 1.17 bits per heavy atom. The Balaban J connectivity index is 1.93. The van der Waals surface area contributed by atoms with Gasteiger partial charge in [-0.25, -0.2) is 0 Å². The molecule has 2 heterocycles. The number of thiophene rings is 1. The highest BCUT2D eigenvalue weighted by atomic mass is 32.1. The summed E-state index contributed by atoms with van der Waals surface area (Å²) in [6.45, 7) is 0. The SMILES string of the molecule is O=C(Cc1cccs1)Nc1n[nH]c(C(F)(F)F)c1-c1ccccc1. The van der Waals surface area contributed by atoms with Crippen molar-refractivity contribution in [1.82, 2.24) is 10.2 Å². The summed E-state index contributed by atoms with van der Waals surface area (Å²) in [5.41, 5.74) is -0.826. The van der Waals surface area contributed by atoms with Crippen LogP contribution >= 0.6 is 11.3 Å². The summed E-state index contributed by atoms with van der Waals surface area (Å²) in [7, 11) is 0. The third kappa shape index (κ3) is 3.48. The van der Waals surface area contributed by atoms with Gasteiger partial charge in [-0.3, -0.25) is 9.89 Å². The molecule has 24 heavy (non-hydrogen) atoms. The molecule has 8 heteroatoms. The number of alkyl halides is 3. The van der Waals surface area contributed by atoms with E-state index in [2.05, 4.69) is 10.4 Å². The van der Waals surface area contributed by atoms with Crippen molar-refractivity contribution in [2.45, 2.75) is 12.6 Å². The summed E-state index contributed by atoms with van der Waals surface area (Å²) in [5, 5.41) is 9.94. The van der Waals surface area contributed by atoms with Crippen molar-refractivity contribution in [2.75, 3.05) is 5.32 Å². The lowest BCUT2D eigenvalue weighted by atomic mass is 10.1. The summed E-state index contributed by atoms with van der Waals surface area (Å²) < 4.78 is 39.6. The number of halogens is 3. The molecular weight excluding hydrogens is 339 g/mol. The Hall–Kier alpha value is -2.61. The van der Waals surface area contributed by atoms with Crippen molar-refractivity contribution in [1.29, 1.82) is 0 Å². The largest absolute Gasteiger partial charge is 0.433 e. The molecule has 0 atom stereocenters. The highest BCUT2D eigenvalue weighted by molar-refractivity contribution is 7.10. The molecule has 0 spiro atoms. The van der Waals surface area contributed by atoms with E-state index in [-0.39, 0.29) is 17.8 Å². The summed E-state index contributed by atoms with van der Waals surface area (Å²) in [6.07, 6.45) is -4.52. The molecule has 1 aromatic carbocycles. The molecule has 0 aliphatic carbocycles. The lowest BCUT2D eigenvalue weighted by Crippen LogP contribution is -2.15. The van der Waals surface area contributed by atoms with Crippen molar-refractivity contribution in [3.63, 3.8) is 0 Å². The second-order valence-corrected chi connectivity index (χ2v) is 6.02. The van der Waals surface area contributed by atoms with E-state index >= 15 is 0 Å². The number of anilines is 1. The molecule has 0 unspecified atom stereocenters. The van der Waals surface area contributed by atoms with Gasteiger partial charge in [0.15, 0.2) is 5.82 Å². The average molecular weight is 351 g/mol. The number of hydrogen-bond acceptors (Lipinski definition) is 3. The number of benzene rings is 1. The van der Waals surface area contributed by atoms with Crippen molar-refractivity contribution in [3.8, 4) is 11.1 Å². The zero-order valence-corrected chi connectivity index (χ0v) is 13.0. The fraction of sp³-hybridized carbons (Fsp3) is 0.125. The van der Waals surface area contributed by atoms with Crippen LogP contribution in [0.5, 0.6) is 0 Å². The number of nitrogens with one attached hydrogen (secondary N) is 2. The predicted octanol–water partition coefficient (Wildman–Crippen LogP) is 4.34. The Kier molecular flexibility index (Phi) is 4.39. The number of nitrogens with zero attached hydrogens (tertiary/aromatic N) is 1. The molecule has 0 aliphatic heterocycles. The Morgan fingerprint density at radius 3 is 2.54 bits per heavy atom. The first-order chi connectivity index (χ1) is 11.4. The molecule has 0 saturated carbocycles. The van der Waals surface area contributed by atoms with Crippen LogP contribution in [0.3, 0.4) is 0 Å². The normalized spacial score (nSPS) is 11.5. The standard InChI is InChI=1S/C16H12F3N3OS/c17-16(18,19)14-13(10-5-2-1-3-6-10)15(22-21-14)20-12(23)9-11-7-4-8-24-11/h1-8H,9H2,(H2,20,21,22,23). The molecule has 124 valence electrons. The lowest BCUT2D eigenvalue weighted by molar-refractivity contribution is -0.140. The van der Waals surface area contributed by atoms with Crippen molar-refractivity contribution in [3.05, 3.63) is 58.4 Å². The first kappa shape index (κ1) is 16.3. The van der Waals surface area contributed by atoms with Gasteiger partial charge in [-0.05, 0) is 17.0 Å². The fourth-order valence-corrected chi connectivity index (χ4v) is 2.97. The van der Waals surface area contributed by atoms with Crippen LogP contribution in [0.25, 0.3) is 11.1 Å². The van der Waals surface area contributed by atoms with Crippen LogP contribution in [0.15, 0.2) is 47.8 Å². The molecule has 4 nitrogen and oxygen atoms in total. The fourth-order valence-electron chi connectivity index (χ4n) is 2.27. The average Bonchev–Trinajstić information content (AvgIpc) is 3.17. The van der Waals surface area contributed by atoms with Gasteiger partial charge < -0.3 is 5.32 Å². The van der Waals surface area contributed by atoms with Gasteiger partial charge in [0.05, 0.1) is 12.0 Å². The third-order valence-corrected chi connectivity index (χ3v) is 4.16. The number of carbonyl (C=O) groups is 1. The number of hydrogen-bond donors (Lipinski definition) is 2. The van der Waals surface area contributed by atoms with Crippen molar-refractivity contribution in [2.24, 2.45) is 0 Å². The van der Waals surface area contributed by atoms with E-state index in [1.807, 2.05) is 10.5 Å². The molecule has 2 aromatic heterocycles. The summed E-state index contributed by atoms with van der Waals surface area (Å²) in [6, 6.07) is 11.6. The number of rotatable bonds is 4. The molecular formula is C16H12F3N3OS. The van der Waals surface area contributed by atoms with Crippen LogP contribution in [0, 0.1) is 0 Å². The maximum Gasteiger partial charge on any atom is 0.433 e. The highest BCUT2D eigenvalue weighted by Gasteiger charge is 2.38. The van der Waals surface area contributed by atoms with Gasteiger partial charge in [0, 0.05) is 4.88 Å². The second-order valence-electron chi connectivity index (χ2n) is 4.99. The molecule has 3 rings (SSSR count). The molecule has 2 N–H and O–H groups in total. The van der Waals surface area contributed by atoms with Crippen molar-refractivity contribution < 1.29 is 18.0 Å². The second kappa shape index (κ2) is 6.48. The van der Waals surface area contributed by atoms with Crippen LogP contribution in [0.4, 0.5) is 19.0 Å². The van der Waals surface area contributed by atoms with Crippen molar-refractivity contribution >= 4 is 23.1 Å². The van der Waals surface area contributed by atoms with Gasteiger partial charge in [0.25, 0.3) is 0 Å². The number of aromatic amines is 1. The van der Waals surface area contributed by atoms with E-state index in [0.717, 1.165) is 4.88 Å². The predicted molar refractivity (Wildman–Crippen MR) is 85.7 cm³/mol. The van der Waals surface area contributed by atoms with Crippen LogP contribution in [0.1, 0.15) is 10.6 Å². The Bertz CT molecular complexity index is 826. The molecule has 0 saturated heterocycles. The minimum absolute atomic E-state index is 0.0834. The zero-order chi connectivity index (χ0) is 17.2. The van der Waals surface area contributed by atoms with Gasteiger partial charge in [-0.15, -0.1) is 11.3 Å². The van der Waals surface area contributed by atoms with E-state index < -0.39 is 17.8 Å². The first-order valence-electron chi connectivity index (χ1n) is 6.98. The number of aromatic nitrogens is 2. The molecule has 1 amide bonds. The number of H-pyrrole nitrogens is 1. The molecule has 0 radical (unpaired) electrons. The quantitative estimate of drug-likeness (QED) is 0.735. The van der Waals surface area contributed by atoms with Gasteiger partial charge in [0.2, 0.25) is 5.91 Å². The zero-order valence-electron chi connectivity index (χ0n) is 12.2. The van der Waals surface area contributed by atoms with Gasteiger partial charge in [-0.1, -0.05) is 36.4 Å². The van der Waals surface area contributed by atoms with Crippen LogP contribution in [-0.2, 0) is 17.4 Å². The molecule has 0 fully saturated rings. The van der Waals surface area contributed by atoms with Crippen LogP contribution in [-0.4, -0.2) is 16.1 Å². The topological polar surface area (TPSA) is 57.8 Å². The number of amides is 1. The van der Waals surface area contributed by atoms with Crippen LogP contribution in [0.2, 0.25) is 0 Å². The summed E-state index contributed by atoms with van der Waals surface area (Å²) in [5.74, 6) is -0.551. The van der Waals surface area contributed by atoms with E-state index in [1.54, 1.807) is 30.3 Å². The number of carbonyl (C=O) groups excluding carboxylic acids is 1. The minimum Gasteiger partial charge on any atom is -0.308 e. The minimum atomic E-state index is -4.60. The van der Waals surface area contributed by atoms with E-state index in [1.165, 1.54) is 23.5 Å². The maximum absolute atomic E-state index is 13.2. The van der Waals surface area contributed by atoms with E-state index in [4.69, 9.17) is 0 Å². The summed E-state index contributed by atoms with van der Waals surface area (Å²) >= 11 is 1.40. The first-order valence-corrected chi connectivity index (χ1v) is 7.86. The highest BCUT2D eigenvalue weighted by Crippen LogP contribution is 2.39. The van der Waals surface area contributed by atoms with Gasteiger partial charge >= 0.3 is 6.18 Å². The Labute approximate surface area is 139 Å². The molecule has 3 aromatic rings. The smallest absolute Gasteiger partial charge is 0.308 e. The van der Waals surface area contributed by atoms with E-state index in [0.29, 0.717) is 5.56 Å². The maximum atomic E-state index is 13.2. The monoisotopic (exact) mass is 351 g/mol.